The first kappa shape index (κ1) is 19.6. The van der Waals surface area contributed by atoms with E-state index in [1.165, 1.54) is 6.92 Å². The van der Waals surface area contributed by atoms with E-state index in [1.807, 2.05) is 0 Å². The topological polar surface area (TPSA) is 77.8 Å². The number of aliphatic carboxylic acids is 1. The maximum absolute atomic E-state index is 11.4. The lowest BCUT2D eigenvalue weighted by Gasteiger charge is -2.59. The highest BCUT2D eigenvalue weighted by Gasteiger charge is 2.61. The highest BCUT2D eigenvalue weighted by atomic mass is 16.4. The molecule has 0 aliphatic heterocycles. The smallest absolute Gasteiger partial charge is 0.306 e. The second kappa shape index (κ2) is 8.48. The molecule has 31 heavy (non-hydrogen) atoms. The average Bonchev–Trinajstić information content (AvgIpc) is 3.09. The maximum Gasteiger partial charge on any atom is 0.306 e. The first-order chi connectivity index (χ1) is 15.6. The zero-order chi connectivity index (χ0) is 25.3. The number of carboxylic acid groups (broad SMARTS) is 1. The molecule has 0 amide bonds. The molecule has 0 heterocycles. The molecular weight excluding hydrogens is 388 g/mol. The summed E-state index contributed by atoms with van der Waals surface area (Å²) in [5, 5.41) is 30.9. The molecule has 4 rings (SSSR count). The van der Waals surface area contributed by atoms with Crippen LogP contribution in [0.25, 0.3) is 0 Å². The zero-order valence-corrected chi connectivity index (χ0v) is 19.7. The Morgan fingerprint density at radius 3 is 2.65 bits per heavy atom. The van der Waals surface area contributed by atoms with Gasteiger partial charge >= 0.3 is 5.97 Å². The van der Waals surface area contributed by atoms with Gasteiger partial charge in [0.15, 0.2) is 0 Å². The minimum atomic E-state index is -1.73. The van der Waals surface area contributed by atoms with Crippen LogP contribution in [0.4, 0.5) is 0 Å². The van der Waals surface area contributed by atoms with Crippen molar-refractivity contribution in [3.05, 3.63) is 11.6 Å². The van der Waals surface area contributed by atoms with Gasteiger partial charge in [0.05, 0.1) is 19.5 Å². The molecule has 6 unspecified atom stereocenters. The molecule has 4 aliphatic rings. The minimum absolute atomic E-state index is 0.00335. The standard InChI is InChI=1S/C27H44O4/c1-16(6-5-7-17(2)25(30)31)20-8-9-21-24-22(11-13-27(20,21)4)26(3)12-10-19(28)14-18(26)15-23(24)29/h15-17,19-24,28-29H,5-14H2,1-4H3,(H,30,31)/t16?,17?,19-,20?,21?,22?,23+,24?,26-,27+/m0/s1/i7D2,23D. The van der Waals surface area contributed by atoms with Gasteiger partial charge in [0.2, 0.25) is 0 Å². The van der Waals surface area contributed by atoms with Gasteiger partial charge in [-0.2, -0.15) is 0 Å². The van der Waals surface area contributed by atoms with Crippen LogP contribution >= 0.6 is 0 Å². The Kier molecular flexibility index (Phi) is 5.36. The molecule has 0 bridgehead atoms. The highest BCUT2D eigenvalue weighted by molar-refractivity contribution is 5.69. The molecule has 0 aromatic carbocycles. The Morgan fingerprint density at radius 1 is 1.19 bits per heavy atom. The van der Waals surface area contributed by atoms with Gasteiger partial charge in [-0.25, -0.2) is 0 Å². The van der Waals surface area contributed by atoms with E-state index in [-0.39, 0.29) is 47.0 Å². The Balaban J connectivity index is 1.55. The van der Waals surface area contributed by atoms with E-state index in [0.29, 0.717) is 18.8 Å². The van der Waals surface area contributed by atoms with Crippen molar-refractivity contribution in [1.82, 2.24) is 0 Å². The second-order valence-corrected chi connectivity index (χ2v) is 11.7. The fraction of sp³-hybridized carbons (Fsp3) is 0.889. The first-order valence-corrected chi connectivity index (χ1v) is 12.5. The van der Waals surface area contributed by atoms with Gasteiger partial charge in [-0.1, -0.05) is 52.2 Å². The highest BCUT2D eigenvalue weighted by Crippen LogP contribution is 2.67. The lowest BCUT2D eigenvalue weighted by atomic mass is 9.46. The monoisotopic (exact) mass is 435 g/mol. The lowest BCUT2D eigenvalue weighted by Crippen LogP contribution is -2.54. The van der Waals surface area contributed by atoms with Gasteiger partial charge in [0, 0.05) is 2.74 Å². The summed E-state index contributed by atoms with van der Waals surface area (Å²) in [4.78, 5) is 11.3. The third kappa shape index (κ3) is 3.90. The van der Waals surface area contributed by atoms with E-state index >= 15 is 0 Å². The number of aliphatic hydroxyl groups is 2. The van der Waals surface area contributed by atoms with Crippen molar-refractivity contribution < 1.29 is 24.2 Å². The number of fused-ring (bicyclic) bond motifs is 5. The number of hydrogen-bond donors (Lipinski definition) is 3. The molecule has 3 saturated carbocycles. The van der Waals surface area contributed by atoms with Crippen molar-refractivity contribution >= 4 is 5.97 Å². The lowest BCUT2D eigenvalue weighted by molar-refractivity contribution is -0.141. The van der Waals surface area contributed by atoms with Crippen LogP contribution in [0.2, 0.25) is 0 Å². The molecule has 4 nitrogen and oxygen atoms in total. The molecule has 0 aromatic rings. The van der Waals surface area contributed by atoms with Crippen LogP contribution in [0.3, 0.4) is 0 Å². The van der Waals surface area contributed by atoms with E-state index in [0.717, 1.165) is 44.1 Å². The maximum atomic E-state index is 11.4. The molecular formula is C27H44O4. The van der Waals surface area contributed by atoms with Crippen LogP contribution in [0.5, 0.6) is 0 Å². The van der Waals surface area contributed by atoms with Gasteiger partial charge in [-0.3, -0.25) is 4.79 Å². The van der Waals surface area contributed by atoms with E-state index in [2.05, 4.69) is 20.8 Å². The first-order valence-electron chi connectivity index (χ1n) is 14.0. The number of hydrogen-bond acceptors (Lipinski definition) is 3. The minimum Gasteiger partial charge on any atom is -0.481 e. The number of rotatable bonds is 6. The molecule has 176 valence electrons. The van der Waals surface area contributed by atoms with Crippen LogP contribution in [-0.4, -0.2) is 33.5 Å². The van der Waals surface area contributed by atoms with Crippen LogP contribution in [-0.2, 0) is 4.79 Å². The molecule has 10 atom stereocenters. The van der Waals surface area contributed by atoms with E-state index in [4.69, 9.17) is 4.11 Å². The normalized spacial score (nSPS) is 50.6. The Hall–Kier alpha value is -0.870. The summed E-state index contributed by atoms with van der Waals surface area (Å²) in [6, 6.07) is 0. The average molecular weight is 436 g/mol. The molecule has 3 N–H and O–H groups in total. The summed E-state index contributed by atoms with van der Waals surface area (Å²) >= 11 is 0. The summed E-state index contributed by atoms with van der Waals surface area (Å²) in [7, 11) is 0. The van der Waals surface area contributed by atoms with Crippen molar-refractivity contribution in [1.29, 1.82) is 0 Å². The molecule has 0 radical (unpaired) electrons. The summed E-state index contributed by atoms with van der Waals surface area (Å²) in [5.41, 5.74) is 1.02. The fourth-order valence-electron chi connectivity index (χ4n) is 8.20. The fourth-order valence-corrected chi connectivity index (χ4v) is 8.20. The van der Waals surface area contributed by atoms with Crippen molar-refractivity contribution in [2.45, 2.75) is 104 Å². The van der Waals surface area contributed by atoms with E-state index < -0.39 is 24.3 Å². The van der Waals surface area contributed by atoms with Gasteiger partial charge in [0.25, 0.3) is 0 Å². The van der Waals surface area contributed by atoms with Crippen molar-refractivity contribution in [2.75, 3.05) is 0 Å². The van der Waals surface area contributed by atoms with Crippen molar-refractivity contribution in [3.8, 4) is 0 Å². The van der Waals surface area contributed by atoms with Crippen molar-refractivity contribution in [2.24, 2.45) is 46.3 Å². The van der Waals surface area contributed by atoms with Crippen LogP contribution < -0.4 is 0 Å². The van der Waals surface area contributed by atoms with Gasteiger partial charge in [-0.05, 0) is 91.7 Å². The van der Waals surface area contributed by atoms with Crippen molar-refractivity contribution in [3.63, 3.8) is 0 Å². The summed E-state index contributed by atoms with van der Waals surface area (Å²) < 4.78 is 25.5. The molecule has 0 saturated heterocycles. The Bertz CT molecular complexity index is 842. The Morgan fingerprint density at radius 2 is 1.94 bits per heavy atom. The van der Waals surface area contributed by atoms with Crippen LogP contribution in [0, 0.1) is 46.3 Å². The summed E-state index contributed by atoms with van der Waals surface area (Å²) in [6.45, 7) is 8.26. The quantitative estimate of drug-likeness (QED) is 0.487. The number of carbonyl (C=O) groups is 1. The molecule has 4 heteroatoms. The van der Waals surface area contributed by atoms with E-state index in [9.17, 15) is 20.1 Å². The third-order valence-electron chi connectivity index (χ3n) is 10.1. The van der Waals surface area contributed by atoms with Gasteiger partial charge in [-0.15, -0.1) is 0 Å². The predicted molar refractivity (Wildman–Crippen MR) is 122 cm³/mol. The Labute approximate surface area is 192 Å². The molecule has 0 aromatic heterocycles. The predicted octanol–water partition coefficient (Wildman–Crippen LogP) is 5.42. The summed E-state index contributed by atoms with van der Waals surface area (Å²) in [5.74, 6) is -1.10. The molecule has 4 aliphatic carbocycles. The zero-order valence-electron chi connectivity index (χ0n) is 22.7. The number of carboxylic acids is 1. The SMILES string of the molecule is [2H]C([2H])(CCC(C)C1CCC2C3C(CC[C@]12C)[C@@]1(C)CC[C@H](O)CC1=C[C@@]3([2H])O)C(C)C(=O)O. The van der Waals surface area contributed by atoms with Gasteiger partial charge < -0.3 is 15.3 Å². The molecule has 0 spiro atoms. The number of aliphatic hydroxyl groups excluding tert-OH is 1. The van der Waals surface area contributed by atoms with E-state index in [1.54, 1.807) is 6.08 Å². The van der Waals surface area contributed by atoms with Gasteiger partial charge in [0.1, 0.15) is 0 Å². The second-order valence-electron chi connectivity index (χ2n) is 11.7. The third-order valence-corrected chi connectivity index (χ3v) is 10.1. The largest absolute Gasteiger partial charge is 0.481 e. The molecule has 3 fully saturated rings. The van der Waals surface area contributed by atoms with Crippen LogP contribution in [0.1, 0.15) is 96.0 Å². The summed E-state index contributed by atoms with van der Waals surface area (Å²) in [6.07, 6.45) is 5.23. The van der Waals surface area contributed by atoms with Crippen LogP contribution in [0.15, 0.2) is 11.6 Å².